The van der Waals surface area contributed by atoms with Crippen LogP contribution in [-0.2, 0) is 28.8 Å². The Labute approximate surface area is 273 Å². The van der Waals surface area contributed by atoms with Crippen molar-refractivity contribution in [1.82, 2.24) is 42.5 Å². The lowest BCUT2D eigenvalue weighted by atomic mass is 10.0. The van der Waals surface area contributed by atoms with E-state index in [1.165, 1.54) is 0 Å². The number of hydrogen-bond acceptors (Lipinski definition) is 15. The lowest BCUT2D eigenvalue weighted by Gasteiger charge is -2.33. The third kappa shape index (κ3) is 12.3. The second kappa shape index (κ2) is 18.9. The monoisotopic (exact) mass is 685 g/mol. The Balaban J connectivity index is 2.54. The van der Waals surface area contributed by atoms with Gasteiger partial charge in [0.2, 0.25) is 29.5 Å². The quantitative estimate of drug-likeness (QED) is 0.0950. The van der Waals surface area contributed by atoms with Crippen LogP contribution in [0, 0.1) is 0 Å². The molecule has 2 unspecified atom stereocenters. The first-order valence-corrected chi connectivity index (χ1v) is 14.7. The minimum Gasteiger partial charge on any atom is -0.394 e. The smallest absolute Gasteiger partial charge is 0.316 e. The van der Waals surface area contributed by atoms with Crippen LogP contribution < -0.4 is 65.5 Å². The van der Waals surface area contributed by atoms with Gasteiger partial charge in [0.05, 0.1) is 19.3 Å². The number of nitrogens with zero attached hydrogens (tertiary/aromatic N) is 1. The molecule has 19 N–H and O–H groups in total. The van der Waals surface area contributed by atoms with Gasteiger partial charge in [0.15, 0.2) is 12.2 Å². The van der Waals surface area contributed by atoms with Crippen LogP contribution in [0.25, 0.3) is 0 Å². The van der Waals surface area contributed by atoms with Crippen LogP contribution in [0.2, 0.25) is 0 Å². The van der Waals surface area contributed by atoms with Crippen molar-refractivity contribution in [3.63, 3.8) is 0 Å². The number of primary amides is 1. The summed E-state index contributed by atoms with van der Waals surface area (Å²) in [7, 11) is 0. The highest BCUT2D eigenvalue weighted by Gasteiger charge is 2.37. The molecule has 0 saturated carbocycles. The van der Waals surface area contributed by atoms with Gasteiger partial charge in [0.25, 0.3) is 5.91 Å². The van der Waals surface area contributed by atoms with E-state index in [9.17, 15) is 48.9 Å². The van der Waals surface area contributed by atoms with E-state index >= 15 is 0 Å². The molecule has 8 amide bonds. The first-order chi connectivity index (χ1) is 22.7. The summed E-state index contributed by atoms with van der Waals surface area (Å²) in [5.41, 5.74) is 21.5. The molecule has 0 aromatic rings. The molecule has 2 aliphatic heterocycles. The van der Waals surface area contributed by atoms with Crippen molar-refractivity contribution < 1.29 is 48.9 Å². The molecule has 268 valence electrons. The zero-order valence-corrected chi connectivity index (χ0v) is 25.7. The molecule has 2 aliphatic rings. The molecule has 0 aromatic carbocycles. The van der Waals surface area contributed by atoms with Crippen molar-refractivity contribution in [1.29, 1.82) is 0 Å². The fourth-order valence-corrected chi connectivity index (χ4v) is 4.46. The number of amides is 8. The molecule has 0 spiro atoms. The third-order valence-electron chi connectivity index (χ3n) is 6.91. The average Bonchev–Trinajstić information content (AvgIpc) is 3.02. The Hall–Kier alpha value is -5.10. The predicted molar refractivity (Wildman–Crippen MR) is 164 cm³/mol. The fraction of sp³-hybridized carbons (Fsp3) is 0.600. The van der Waals surface area contributed by atoms with Gasteiger partial charge in [0.1, 0.15) is 29.9 Å². The van der Waals surface area contributed by atoms with Crippen molar-refractivity contribution in [3.05, 3.63) is 11.9 Å². The normalized spacial score (nSPS) is 27.6. The number of hydrogen-bond donors (Lipinski definition) is 15. The first kappa shape index (κ1) is 39.1. The van der Waals surface area contributed by atoms with E-state index in [2.05, 4.69) is 42.2 Å². The summed E-state index contributed by atoms with van der Waals surface area (Å²) in [6, 6.07) is -9.66. The molecule has 48 heavy (non-hydrogen) atoms. The molecule has 1 fully saturated rings. The Morgan fingerprint density at radius 3 is 2.23 bits per heavy atom. The van der Waals surface area contributed by atoms with Crippen LogP contribution in [0.1, 0.15) is 25.7 Å². The van der Waals surface area contributed by atoms with Gasteiger partial charge in [-0.3, -0.25) is 28.8 Å². The highest BCUT2D eigenvalue weighted by atomic mass is 16.3. The maximum Gasteiger partial charge on any atom is 0.316 e. The fourth-order valence-electron chi connectivity index (χ4n) is 4.46. The Morgan fingerprint density at radius 1 is 0.979 bits per heavy atom. The van der Waals surface area contributed by atoms with Gasteiger partial charge >= 0.3 is 6.03 Å². The van der Waals surface area contributed by atoms with Gasteiger partial charge in [0, 0.05) is 31.6 Å². The van der Waals surface area contributed by atoms with Crippen LogP contribution in [0.5, 0.6) is 0 Å². The van der Waals surface area contributed by atoms with Crippen LogP contribution >= 0.6 is 0 Å². The zero-order chi connectivity index (χ0) is 36.0. The van der Waals surface area contributed by atoms with Gasteiger partial charge in [-0.1, -0.05) is 0 Å². The lowest BCUT2D eigenvalue weighted by molar-refractivity contribution is -0.135. The minimum atomic E-state index is -1.78. The van der Waals surface area contributed by atoms with E-state index in [1.807, 2.05) is 5.32 Å². The Morgan fingerprint density at radius 2 is 1.62 bits per heavy atom. The molecule has 7 atom stereocenters. The van der Waals surface area contributed by atoms with Crippen LogP contribution in [-0.4, -0.2) is 132 Å². The molecule has 1 saturated heterocycles. The van der Waals surface area contributed by atoms with Gasteiger partial charge < -0.3 is 80.8 Å². The second-order valence-electron chi connectivity index (χ2n) is 10.7. The minimum absolute atomic E-state index is 0.245. The largest absolute Gasteiger partial charge is 0.394 e. The summed E-state index contributed by atoms with van der Waals surface area (Å²) in [6.45, 7) is -2.36. The number of carbonyl (C=O) groups is 7. The van der Waals surface area contributed by atoms with E-state index in [0.717, 1.165) is 0 Å². The summed E-state index contributed by atoms with van der Waals surface area (Å²) >= 11 is 0. The van der Waals surface area contributed by atoms with E-state index in [4.69, 9.17) is 22.9 Å². The summed E-state index contributed by atoms with van der Waals surface area (Å²) < 4.78 is 0. The number of aliphatic hydroxyl groups is 3. The number of aliphatic imine (C=N–C) groups is 1. The van der Waals surface area contributed by atoms with E-state index in [-0.39, 0.29) is 18.8 Å². The molecular formula is C25H43N13O10. The molecule has 23 heteroatoms. The Kier molecular flexibility index (Phi) is 15.4. The first-order valence-electron chi connectivity index (χ1n) is 14.7. The molecule has 2 heterocycles. The number of rotatable bonds is 10. The van der Waals surface area contributed by atoms with E-state index in [0.29, 0.717) is 25.6 Å². The molecule has 23 nitrogen and oxygen atoms in total. The van der Waals surface area contributed by atoms with Gasteiger partial charge in [-0.15, -0.1) is 0 Å². The number of aliphatic hydroxyl groups excluding tert-OH is 3. The van der Waals surface area contributed by atoms with Crippen molar-refractivity contribution in [3.8, 4) is 0 Å². The van der Waals surface area contributed by atoms with E-state index < -0.39 is 109 Å². The number of urea groups is 1. The summed E-state index contributed by atoms with van der Waals surface area (Å²) in [5, 5.41) is 47.9. The maximum atomic E-state index is 13.6. The molecule has 0 bridgehead atoms. The topological polar surface area (TPSA) is 393 Å². The molecule has 2 rings (SSSR count). The van der Waals surface area contributed by atoms with E-state index in [1.54, 1.807) is 0 Å². The number of nitrogens with two attached hydrogens (primary N) is 4. The standard InChI is InChI=1S/C25H43N13O10/c26-3-1-2-10(27)4-16(41)32-12-6-30-23(47)18(11-5-17(42)37-24(28)36-11)38-20(44)13(7-31-25(29)48)33-21(45)14(8-39)35-22(46)15(9-40)34-19(12)43/h7,10-12,14-15,17-18,39-40,42H,1-6,8-9,26-27H2,(H,30,47)(H,32,41)(H,33,45)(H,34,43)(H,35,46)(H,38,44)(H3,28,36,37)(H3,29,31,48)/b13-7-/t10-,11?,12-,14-,15-,17-,18?/m0/s1. The number of nitrogens with one attached hydrogen (secondary N) is 8. The molecule has 0 aliphatic carbocycles. The highest BCUT2D eigenvalue weighted by Crippen LogP contribution is 2.11. The van der Waals surface area contributed by atoms with Crippen LogP contribution in [0.15, 0.2) is 16.9 Å². The zero-order valence-electron chi connectivity index (χ0n) is 25.7. The summed E-state index contributed by atoms with van der Waals surface area (Å²) in [6.07, 6.45) is -0.339. The van der Waals surface area contributed by atoms with Gasteiger partial charge in [-0.2, -0.15) is 0 Å². The summed E-state index contributed by atoms with van der Waals surface area (Å²) in [5.74, 6) is -6.65. The van der Waals surface area contributed by atoms with Crippen molar-refractivity contribution in [2.24, 2.45) is 27.9 Å². The SMILES string of the molecule is NCCC[C@H](N)CC(=O)N[C@H]1CNC(=O)C(C2C[C@H](O)N=C(N)N2)NC(=O)/C(=C/NC(N)=O)NC(=O)[C@H](CO)NC(=O)[C@H](CO)NC1=O. The highest BCUT2D eigenvalue weighted by molar-refractivity contribution is 6.02. The lowest BCUT2D eigenvalue weighted by Crippen LogP contribution is -2.64. The summed E-state index contributed by atoms with van der Waals surface area (Å²) in [4.78, 5) is 94.0. The van der Waals surface area contributed by atoms with Gasteiger partial charge in [-0.25, -0.2) is 9.79 Å². The third-order valence-corrected chi connectivity index (χ3v) is 6.91. The Bertz CT molecular complexity index is 1280. The molecular weight excluding hydrogens is 642 g/mol. The average molecular weight is 686 g/mol. The molecule has 0 aromatic heterocycles. The van der Waals surface area contributed by atoms with Crippen molar-refractivity contribution in [2.45, 2.75) is 68.2 Å². The van der Waals surface area contributed by atoms with Crippen LogP contribution in [0.3, 0.4) is 0 Å². The second-order valence-corrected chi connectivity index (χ2v) is 10.7. The predicted octanol–water partition coefficient (Wildman–Crippen LogP) is -8.88. The van der Waals surface area contributed by atoms with Crippen LogP contribution in [0.4, 0.5) is 4.79 Å². The number of carbonyl (C=O) groups excluding carboxylic acids is 7. The maximum absolute atomic E-state index is 13.6. The van der Waals surface area contributed by atoms with Gasteiger partial charge in [-0.05, 0) is 19.4 Å². The van der Waals surface area contributed by atoms with Crippen molar-refractivity contribution in [2.75, 3.05) is 26.3 Å². The molecule has 0 radical (unpaired) electrons. The van der Waals surface area contributed by atoms with Crippen molar-refractivity contribution >= 4 is 47.4 Å². The number of guanidine groups is 1.